The minimum Gasteiger partial charge on any atom is -0.279 e. The minimum absolute atomic E-state index is 0.695. The first-order valence-corrected chi connectivity index (χ1v) is 4.82. The van der Waals surface area contributed by atoms with E-state index in [0.717, 1.165) is 0 Å². The molecule has 0 aromatic rings. The fourth-order valence-electron chi connectivity index (χ4n) is 0.374. The first-order chi connectivity index (χ1) is 4.83. The largest absolute Gasteiger partial charge is 0.508 e. The molecule has 4 nitrogen and oxygen atoms in total. The molecule has 0 aliphatic carbocycles. The van der Waals surface area contributed by atoms with Crippen molar-refractivity contribution in [3.8, 4) is 0 Å². The van der Waals surface area contributed by atoms with Gasteiger partial charge in [-0.05, 0) is 20.8 Å². The highest BCUT2D eigenvalue weighted by Gasteiger charge is 2.32. The van der Waals surface area contributed by atoms with E-state index in [2.05, 4.69) is 8.15 Å². The normalized spacial score (nSPS) is 13.5. The summed E-state index contributed by atoms with van der Waals surface area (Å²) in [6.07, 6.45) is 0. The molecule has 0 bridgehead atoms. The van der Waals surface area contributed by atoms with Crippen LogP contribution in [0.3, 0.4) is 0 Å². The van der Waals surface area contributed by atoms with E-state index in [1.54, 1.807) is 20.8 Å². The Labute approximate surface area is 75.7 Å². The summed E-state index contributed by atoms with van der Waals surface area (Å²) in [4.78, 5) is 0. The predicted octanol–water partition coefficient (Wildman–Crippen LogP) is 3.25. The van der Waals surface area contributed by atoms with Crippen molar-refractivity contribution in [1.82, 2.24) is 0 Å². The predicted molar refractivity (Wildman–Crippen MR) is 42.3 cm³/mol. The van der Waals surface area contributed by atoms with Gasteiger partial charge in [-0.3, -0.25) is 4.52 Å². The molecule has 0 aromatic carbocycles. The molecule has 0 fully saturated rings. The lowest BCUT2D eigenvalue weighted by Crippen LogP contribution is -2.17. The number of rotatable bonds is 3. The molecular weight excluding hydrogens is 214 g/mol. The third-order valence-corrected chi connectivity index (χ3v) is 2.68. The van der Waals surface area contributed by atoms with Gasteiger partial charge in [0, 0.05) is 0 Å². The Morgan fingerprint density at radius 2 is 1.55 bits per heavy atom. The highest BCUT2D eigenvalue weighted by molar-refractivity contribution is 7.50. The third-order valence-electron chi connectivity index (χ3n) is 0.555. The van der Waals surface area contributed by atoms with E-state index >= 15 is 0 Å². The van der Waals surface area contributed by atoms with Gasteiger partial charge in [0.25, 0.3) is 0 Å². The standard InChI is InChI=1S/C4H9Cl2O4P/c1-4(2,3)8-11(7,9-5)10-6/h1-3H3. The molecule has 0 rings (SSSR count). The fourth-order valence-corrected chi connectivity index (χ4v) is 1.55. The van der Waals surface area contributed by atoms with Crippen molar-refractivity contribution in [2.24, 2.45) is 0 Å². The van der Waals surface area contributed by atoms with Crippen molar-refractivity contribution in [3.05, 3.63) is 0 Å². The van der Waals surface area contributed by atoms with Gasteiger partial charge in [0.15, 0.2) is 0 Å². The van der Waals surface area contributed by atoms with Crippen LogP contribution in [0, 0.1) is 0 Å². The van der Waals surface area contributed by atoms with Gasteiger partial charge < -0.3 is 0 Å². The summed E-state index contributed by atoms with van der Waals surface area (Å²) in [7, 11) is -3.77. The molecule has 0 atom stereocenters. The van der Waals surface area contributed by atoms with Crippen molar-refractivity contribution >= 4 is 31.6 Å². The van der Waals surface area contributed by atoms with Gasteiger partial charge in [0.2, 0.25) is 0 Å². The maximum Gasteiger partial charge on any atom is 0.508 e. The second-order valence-electron chi connectivity index (χ2n) is 2.79. The van der Waals surface area contributed by atoms with Gasteiger partial charge in [-0.25, -0.2) is 4.57 Å². The van der Waals surface area contributed by atoms with Gasteiger partial charge in [0.1, 0.15) is 0 Å². The second-order valence-corrected chi connectivity index (χ2v) is 4.97. The van der Waals surface area contributed by atoms with Crippen molar-refractivity contribution in [2.45, 2.75) is 26.4 Å². The molecule has 0 unspecified atom stereocenters. The Morgan fingerprint density at radius 3 is 1.64 bits per heavy atom. The smallest absolute Gasteiger partial charge is 0.279 e. The van der Waals surface area contributed by atoms with E-state index in [0.29, 0.717) is 0 Å². The Balaban J connectivity index is 4.21. The van der Waals surface area contributed by atoms with Crippen LogP contribution in [0.25, 0.3) is 0 Å². The molecule has 0 aliphatic heterocycles. The third kappa shape index (κ3) is 5.01. The molecule has 0 spiro atoms. The van der Waals surface area contributed by atoms with E-state index < -0.39 is 13.4 Å². The van der Waals surface area contributed by atoms with E-state index in [1.807, 2.05) is 0 Å². The molecule has 0 amide bonds. The Bertz CT molecular complexity index is 158. The van der Waals surface area contributed by atoms with Crippen LogP contribution in [0.5, 0.6) is 0 Å². The minimum atomic E-state index is -3.77. The Kier molecular flexibility index (Phi) is 4.33. The first-order valence-electron chi connectivity index (χ1n) is 2.74. The van der Waals surface area contributed by atoms with Crippen LogP contribution < -0.4 is 0 Å². The van der Waals surface area contributed by atoms with Gasteiger partial charge >= 0.3 is 7.82 Å². The van der Waals surface area contributed by atoms with Gasteiger partial charge in [-0.15, -0.1) is 0 Å². The Morgan fingerprint density at radius 1 is 1.18 bits per heavy atom. The average Bonchev–Trinajstić information content (AvgIpc) is 1.84. The summed E-state index contributed by atoms with van der Waals surface area (Å²) in [5.74, 6) is 0. The number of hydrogen-bond acceptors (Lipinski definition) is 4. The SMILES string of the molecule is CC(C)(C)OP(=O)(OCl)OCl. The van der Waals surface area contributed by atoms with Gasteiger partial charge in [0.05, 0.1) is 29.3 Å². The van der Waals surface area contributed by atoms with Crippen molar-refractivity contribution < 1.29 is 17.2 Å². The summed E-state index contributed by atoms with van der Waals surface area (Å²) < 4.78 is 23.6. The number of halogens is 2. The van der Waals surface area contributed by atoms with E-state index in [9.17, 15) is 4.57 Å². The lowest BCUT2D eigenvalue weighted by molar-refractivity contribution is 0.0915. The van der Waals surface area contributed by atoms with Crippen molar-refractivity contribution in [1.29, 1.82) is 0 Å². The molecular formula is C4H9Cl2O4P. The maximum absolute atomic E-state index is 11.0. The summed E-state index contributed by atoms with van der Waals surface area (Å²) in [6.45, 7) is 4.97. The molecule has 11 heavy (non-hydrogen) atoms. The molecule has 0 N–H and O–H groups in total. The lowest BCUT2D eigenvalue weighted by Gasteiger charge is -2.21. The van der Waals surface area contributed by atoms with Gasteiger partial charge in [-0.2, -0.15) is 8.15 Å². The van der Waals surface area contributed by atoms with Crippen LogP contribution in [0.15, 0.2) is 0 Å². The summed E-state index contributed by atoms with van der Waals surface area (Å²) >= 11 is 9.63. The zero-order valence-corrected chi connectivity index (χ0v) is 8.74. The molecule has 0 radical (unpaired) electrons. The zero-order valence-electron chi connectivity index (χ0n) is 6.34. The monoisotopic (exact) mass is 222 g/mol. The zero-order chi connectivity index (χ0) is 9.12. The number of hydrogen-bond donors (Lipinski definition) is 0. The highest BCUT2D eigenvalue weighted by Crippen LogP contribution is 2.54. The van der Waals surface area contributed by atoms with Crippen LogP contribution in [0.4, 0.5) is 0 Å². The van der Waals surface area contributed by atoms with Crippen LogP contribution in [0.1, 0.15) is 20.8 Å². The van der Waals surface area contributed by atoms with E-state index in [4.69, 9.17) is 28.3 Å². The molecule has 7 heteroatoms. The first kappa shape index (κ1) is 11.7. The molecule has 0 heterocycles. The summed E-state index contributed by atoms with van der Waals surface area (Å²) in [5, 5.41) is 0. The van der Waals surface area contributed by atoms with Crippen LogP contribution in [-0.2, 0) is 17.2 Å². The second kappa shape index (κ2) is 4.08. The van der Waals surface area contributed by atoms with Crippen LogP contribution >= 0.6 is 31.6 Å². The average molecular weight is 223 g/mol. The quantitative estimate of drug-likeness (QED) is 0.688. The van der Waals surface area contributed by atoms with Crippen molar-refractivity contribution in [3.63, 3.8) is 0 Å². The van der Waals surface area contributed by atoms with E-state index in [-0.39, 0.29) is 0 Å². The molecule has 68 valence electrons. The number of phosphoric acid groups is 1. The lowest BCUT2D eigenvalue weighted by atomic mass is 10.2. The maximum atomic E-state index is 11.0. The highest BCUT2D eigenvalue weighted by atomic mass is 35.5. The molecule has 0 saturated carbocycles. The van der Waals surface area contributed by atoms with Crippen LogP contribution in [0.2, 0.25) is 0 Å². The summed E-state index contributed by atoms with van der Waals surface area (Å²) in [6, 6.07) is 0. The van der Waals surface area contributed by atoms with E-state index in [1.165, 1.54) is 0 Å². The Hall–Kier alpha value is 0.690. The molecule has 0 saturated heterocycles. The topological polar surface area (TPSA) is 44.8 Å². The van der Waals surface area contributed by atoms with Gasteiger partial charge in [-0.1, -0.05) is 0 Å². The van der Waals surface area contributed by atoms with Crippen LogP contribution in [-0.4, -0.2) is 5.60 Å². The summed E-state index contributed by atoms with van der Waals surface area (Å²) in [5.41, 5.74) is -0.695. The fraction of sp³-hybridized carbons (Fsp3) is 1.00. The van der Waals surface area contributed by atoms with Crippen molar-refractivity contribution in [2.75, 3.05) is 0 Å². The molecule has 0 aliphatic rings. The molecule has 0 aromatic heterocycles.